The monoisotopic (exact) mass is 853 g/mol. The summed E-state index contributed by atoms with van der Waals surface area (Å²) >= 11 is 0. The van der Waals surface area contributed by atoms with Crippen molar-refractivity contribution in [1.82, 2.24) is 34.1 Å². The number of fused-ring (bicyclic) bond motifs is 6. The van der Waals surface area contributed by atoms with Gasteiger partial charge in [0.2, 0.25) is 0 Å². The fraction of sp³-hybridized carbons (Fsp3) is 0.136. The third kappa shape index (κ3) is 6.61. The first-order valence-corrected chi connectivity index (χ1v) is 22.9. The van der Waals surface area contributed by atoms with E-state index in [9.17, 15) is 0 Å². The molecule has 0 aliphatic heterocycles. The van der Waals surface area contributed by atoms with Crippen LogP contribution in [0.3, 0.4) is 0 Å². The number of rotatable bonds is 7. The predicted octanol–water partition coefficient (Wildman–Crippen LogP) is 14.0. The normalized spacial score (nSPS) is 15.9. The molecule has 2 unspecified atom stereocenters. The first kappa shape index (κ1) is 39.6. The van der Waals surface area contributed by atoms with Gasteiger partial charge in [-0.25, -0.2) is 15.0 Å². The summed E-state index contributed by atoms with van der Waals surface area (Å²) in [6.45, 7) is 8.81. The van der Waals surface area contributed by atoms with Gasteiger partial charge in [-0.05, 0) is 118 Å². The molecule has 0 radical (unpaired) electrons. The van der Waals surface area contributed by atoms with Gasteiger partial charge in [-0.15, -0.1) is 0 Å². The molecule has 0 N–H and O–H groups in total. The topological polar surface area (TPSA) is 74.3 Å². The Labute approximate surface area is 384 Å². The van der Waals surface area contributed by atoms with Gasteiger partial charge in [0.1, 0.15) is 0 Å². The van der Waals surface area contributed by atoms with Crippen molar-refractivity contribution in [1.29, 1.82) is 0 Å². The Bertz CT molecular complexity index is 3570. The highest BCUT2D eigenvalue weighted by atomic mass is 15.1. The number of aromatic nitrogens is 7. The Kier molecular flexibility index (Phi) is 9.52. The van der Waals surface area contributed by atoms with E-state index < -0.39 is 0 Å². The van der Waals surface area contributed by atoms with E-state index in [1.54, 1.807) is 0 Å². The SMILES string of the molecule is Cc1ccc2c(c1)c1c(n2C2=C(c3nc(-c4ccccc4)nc(-c4cccc(-c5ccccn5)c4-n4c5ccc(C)cc5c5cc(C)ccc54)n3)C=CCC2c2ccccn2)C=CC(C)C1. The predicted molar refractivity (Wildman–Crippen MR) is 270 cm³/mol. The number of para-hydroxylation sites is 1. The van der Waals surface area contributed by atoms with Crippen LogP contribution >= 0.6 is 0 Å². The van der Waals surface area contributed by atoms with Crippen molar-refractivity contribution in [2.75, 3.05) is 0 Å². The van der Waals surface area contributed by atoms with Crippen molar-refractivity contribution in [2.24, 2.45) is 5.92 Å². The Balaban J connectivity index is 1.20. The average molecular weight is 854 g/mol. The molecule has 2 aliphatic carbocycles. The molecule has 318 valence electrons. The van der Waals surface area contributed by atoms with Gasteiger partial charge in [-0.1, -0.05) is 115 Å². The number of allylic oxidation sites excluding steroid dienone is 5. The minimum atomic E-state index is -0.0760. The molecule has 0 amide bonds. The Hall–Kier alpha value is -8.03. The maximum Gasteiger partial charge on any atom is 0.166 e. The largest absolute Gasteiger partial charge is 0.312 e. The fourth-order valence-electron chi connectivity index (χ4n) is 10.3. The van der Waals surface area contributed by atoms with E-state index >= 15 is 0 Å². The molecule has 10 aromatic rings. The molecule has 0 spiro atoms. The highest BCUT2D eigenvalue weighted by Gasteiger charge is 2.32. The van der Waals surface area contributed by atoms with Crippen molar-refractivity contribution in [3.8, 4) is 39.7 Å². The molecule has 5 aromatic carbocycles. The van der Waals surface area contributed by atoms with E-state index in [1.165, 1.54) is 49.6 Å². The van der Waals surface area contributed by atoms with Crippen LogP contribution in [0, 0.1) is 26.7 Å². The molecule has 5 aromatic heterocycles. The second kappa shape index (κ2) is 15.9. The summed E-state index contributed by atoms with van der Waals surface area (Å²) < 4.78 is 4.88. The molecule has 0 bridgehead atoms. The third-order valence-corrected chi connectivity index (χ3v) is 13.4. The number of benzene rings is 5. The van der Waals surface area contributed by atoms with Crippen molar-refractivity contribution in [3.05, 3.63) is 210 Å². The molecule has 7 heteroatoms. The van der Waals surface area contributed by atoms with Crippen LogP contribution in [0.15, 0.2) is 170 Å². The van der Waals surface area contributed by atoms with Crippen LogP contribution in [0.25, 0.3) is 89.8 Å². The van der Waals surface area contributed by atoms with Gasteiger partial charge in [-0.3, -0.25) is 9.97 Å². The van der Waals surface area contributed by atoms with Gasteiger partial charge >= 0.3 is 0 Å². The van der Waals surface area contributed by atoms with Crippen LogP contribution < -0.4 is 0 Å². The van der Waals surface area contributed by atoms with E-state index in [0.29, 0.717) is 23.4 Å². The van der Waals surface area contributed by atoms with E-state index in [-0.39, 0.29) is 5.92 Å². The Morgan fingerprint density at radius 2 is 1.18 bits per heavy atom. The van der Waals surface area contributed by atoms with Crippen LogP contribution in [0.5, 0.6) is 0 Å². The first-order chi connectivity index (χ1) is 32.4. The first-order valence-electron chi connectivity index (χ1n) is 22.9. The number of pyridine rings is 2. The third-order valence-electron chi connectivity index (χ3n) is 13.4. The standard InChI is InChI=1S/C59H47N7/c1-36-22-26-51-45(32-36)46-33-37(2)23-27-52(46)65(51)55-41(49-20-8-10-30-60-49)16-12-18-43(55)58-62-57(40-14-6-5-7-15-40)63-59(64-58)44-19-13-17-42(50-21-9-11-31-61-50)56(44)66-53-28-24-38(3)34-47(53)48-35-39(4)25-29-54(48)66/h5-16,18-34,39,42H,17,35H2,1-4H3. The van der Waals surface area contributed by atoms with Crippen molar-refractivity contribution < 1.29 is 0 Å². The zero-order valence-electron chi connectivity index (χ0n) is 37.4. The van der Waals surface area contributed by atoms with Crippen LogP contribution in [0.1, 0.15) is 58.7 Å². The van der Waals surface area contributed by atoms with Gasteiger partial charge in [0.25, 0.3) is 0 Å². The number of hydrogen-bond donors (Lipinski definition) is 0. The maximum atomic E-state index is 5.64. The average Bonchev–Trinajstić information content (AvgIpc) is 3.84. The van der Waals surface area contributed by atoms with Gasteiger partial charge in [0, 0.05) is 73.8 Å². The van der Waals surface area contributed by atoms with Gasteiger partial charge < -0.3 is 9.13 Å². The van der Waals surface area contributed by atoms with Crippen LogP contribution in [0.2, 0.25) is 0 Å². The molecule has 0 saturated carbocycles. The van der Waals surface area contributed by atoms with E-state index in [0.717, 1.165) is 68.9 Å². The second-order valence-corrected chi connectivity index (χ2v) is 18.0. The van der Waals surface area contributed by atoms with E-state index in [1.807, 2.05) is 48.8 Å². The van der Waals surface area contributed by atoms with Crippen molar-refractivity contribution in [3.63, 3.8) is 0 Å². The fourth-order valence-corrected chi connectivity index (χ4v) is 10.3. The summed E-state index contributed by atoms with van der Waals surface area (Å²) in [6, 6.07) is 49.4. The summed E-state index contributed by atoms with van der Waals surface area (Å²) in [5.41, 5.74) is 17.3. The Morgan fingerprint density at radius 3 is 1.88 bits per heavy atom. The minimum Gasteiger partial charge on any atom is -0.312 e. The molecule has 7 nitrogen and oxygen atoms in total. The van der Waals surface area contributed by atoms with Gasteiger partial charge in [-0.2, -0.15) is 0 Å². The highest BCUT2D eigenvalue weighted by molar-refractivity contribution is 6.11. The number of aryl methyl sites for hydroxylation is 3. The molecular weight excluding hydrogens is 807 g/mol. The molecule has 2 aliphatic rings. The van der Waals surface area contributed by atoms with Crippen molar-refractivity contribution in [2.45, 2.75) is 46.5 Å². The lowest BCUT2D eigenvalue weighted by atomic mass is 9.87. The number of nitrogens with zero attached hydrogens (tertiary/aromatic N) is 7. The summed E-state index contributed by atoms with van der Waals surface area (Å²) in [6.07, 6.45) is 14.7. The lowest BCUT2D eigenvalue weighted by Gasteiger charge is -2.28. The van der Waals surface area contributed by atoms with Crippen LogP contribution in [-0.4, -0.2) is 34.1 Å². The molecule has 5 heterocycles. The minimum absolute atomic E-state index is 0.0760. The second-order valence-electron chi connectivity index (χ2n) is 18.0. The summed E-state index contributed by atoms with van der Waals surface area (Å²) in [4.78, 5) is 26.5. The quantitative estimate of drug-likeness (QED) is 0.160. The summed E-state index contributed by atoms with van der Waals surface area (Å²) in [5, 5.41) is 3.68. The van der Waals surface area contributed by atoms with Crippen LogP contribution in [0.4, 0.5) is 0 Å². The summed E-state index contributed by atoms with van der Waals surface area (Å²) in [5.74, 6) is 2.13. The number of hydrogen-bond acceptors (Lipinski definition) is 5. The molecule has 12 rings (SSSR count). The Morgan fingerprint density at radius 1 is 0.545 bits per heavy atom. The zero-order chi connectivity index (χ0) is 44.5. The molecule has 0 saturated heterocycles. The van der Waals surface area contributed by atoms with E-state index in [2.05, 4.69) is 164 Å². The maximum absolute atomic E-state index is 5.64. The lowest BCUT2D eigenvalue weighted by Crippen LogP contribution is -2.17. The molecule has 2 atom stereocenters. The molecule has 66 heavy (non-hydrogen) atoms. The highest BCUT2D eigenvalue weighted by Crippen LogP contribution is 2.47. The van der Waals surface area contributed by atoms with E-state index in [4.69, 9.17) is 24.9 Å². The van der Waals surface area contributed by atoms with Crippen LogP contribution in [-0.2, 0) is 6.42 Å². The molecule has 0 fully saturated rings. The summed E-state index contributed by atoms with van der Waals surface area (Å²) in [7, 11) is 0. The molecular formula is C59H47N7. The zero-order valence-corrected chi connectivity index (χ0v) is 37.4. The van der Waals surface area contributed by atoms with Crippen molar-refractivity contribution >= 4 is 50.1 Å². The smallest absolute Gasteiger partial charge is 0.166 e. The van der Waals surface area contributed by atoms with Gasteiger partial charge in [0.05, 0.1) is 27.9 Å². The lowest BCUT2D eigenvalue weighted by molar-refractivity contribution is 0.715. The van der Waals surface area contributed by atoms with Gasteiger partial charge in [0.15, 0.2) is 17.5 Å².